The molecule has 116 valence electrons. The Morgan fingerprint density at radius 3 is 2.55 bits per heavy atom. The number of benzene rings is 1. The molecule has 0 aliphatic carbocycles. The van der Waals surface area contributed by atoms with Crippen LogP contribution in [-0.2, 0) is 9.47 Å². The Hall–Kier alpha value is -1.85. The zero-order valence-corrected chi connectivity index (χ0v) is 12.4. The van der Waals surface area contributed by atoms with E-state index in [1.807, 2.05) is 35.2 Å². The summed E-state index contributed by atoms with van der Waals surface area (Å²) in [5, 5.41) is 0.957. The third-order valence-corrected chi connectivity index (χ3v) is 4.47. The summed E-state index contributed by atoms with van der Waals surface area (Å²) in [7, 11) is 0. The number of para-hydroxylation sites is 1. The molecule has 2 aromatic rings. The van der Waals surface area contributed by atoms with Crippen molar-refractivity contribution in [1.29, 1.82) is 0 Å². The van der Waals surface area contributed by atoms with Gasteiger partial charge in [-0.15, -0.1) is 0 Å². The first-order valence-electron chi connectivity index (χ1n) is 7.82. The van der Waals surface area contributed by atoms with Gasteiger partial charge in [0.15, 0.2) is 11.5 Å². The quantitative estimate of drug-likeness (QED) is 0.813. The van der Waals surface area contributed by atoms with E-state index in [0.717, 1.165) is 43.4 Å². The fraction of sp³-hybridized carbons (Fsp3) is 0.471. The second-order valence-electron chi connectivity index (χ2n) is 5.90. The lowest BCUT2D eigenvalue weighted by molar-refractivity contribution is -0.281. The van der Waals surface area contributed by atoms with Crippen molar-refractivity contribution in [3.63, 3.8) is 0 Å². The molecule has 22 heavy (non-hydrogen) atoms. The molecule has 0 N–H and O–H groups in total. The summed E-state index contributed by atoms with van der Waals surface area (Å²) in [5.41, 5.74) is 0.748. The van der Waals surface area contributed by atoms with Crippen LogP contribution in [0, 0.1) is 0 Å². The highest BCUT2D eigenvalue weighted by Gasteiger charge is 2.39. The summed E-state index contributed by atoms with van der Waals surface area (Å²) < 4.78 is 17.3. The van der Waals surface area contributed by atoms with Crippen LogP contribution in [0.1, 0.15) is 29.8 Å². The lowest BCUT2D eigenvalue weighted by Gasteiger charge is -2.43. The average Bonchev–Trinajstić information content (AvgIpc) is 3.00. The second-order valence-corrected chi connectivity index (χ2v) is 5.90. The van der Waals surface area contributed by atoms with Crippen LogP contribution in [0.5, 0.6) is 0 Å². The van der Waals surface area contributed by atoms with Gasteiger partial charge >= 0.3 is 0 Å². The number of fused-ring (bicyclic) bond motifs is 1. The first-order valence-corrected chi connectivity index (χ1v) is 7.82. The molecule has 4 rings (SSSR count). The Balaban J connectivity index is 1.47. The lowest BCUT2D eigenvalue weighted by atomic mass is 10.0. The summed E-state index contributed by atoms with van der Waals surface area (Å²) >= 11 is 0. The molecule has 5 heteroatoms. The number of nitrogens with zero attached hydrogens (tertiary/aromatic N) is 1. The Morgan fingerprint density at radius 2 is 1.82 bits per heavy atom. The van der Waals surface area contributed by atoms with E-state index in [9.17, 15) is 4.79 Å². The maximum absolute atomic E-state index is 12.6. The first-order chi connectivity index (χ1) is 10.8. The molecule has 2 saturated heterocycles. The second kappa shape index (κ2) is 5.41. The van der Waals surface area contributed by atoms with E-state index >= 15 is 0 Å². The van der Waals surface area contributed by atoms with E-state index in [0.29, 0.717) is 18.8 Å². The van der Waals surface area contributed by atoms with E-state index in [1.54, 1.807) is 0 Å². The van der Waals surface area contributed by atoms with Crippen LogP contribution < -0.4 is 0 Å². The van der Waals surface area contributed by atoms with Gasteiger partial charge in [0.2, 0.25) is 0 Å². The highest BCUT2D eigenvalue weighted by Crippen LogP contribution is 2.31. The third-order valence-electron chi connectivity index (χ3n) is 4.47. The number of furan rings is 1. The average molecular weight is 301 g/mol. The van der Waals surface area contributed by atoms with Crippen molar-refractivity contribution in [2.75, 3.05) is 26.3 Å². The lowest BCUT2D eigenvalue weighted by Crippen LogP contribution is -2.51. The molecular formula is C17H19NO4. The molecule has 0 saturated carbocycles. The SMILES string of the molecule is O=C(c1cc2ccccc2o1)N1CCC2(CC1)OCCCO2. The number of ether oxygens (including phenoxy) is 2. The van der Waals surface area contributed by atoms with E-state index in [-0.39, 0.29) is 5.91 Å². The summed E-state index contributed by atoms with van der Waals surface area (Å²) in [6.45, 7) is 2.76. The minimum Gasteiger partial charge on any atom is -0.451 e. The van der Waals surface area contributed by atoms with Crippen molar-refractivity contribution in [2.24, 2.45) is 0 Å². The van der Waals surface area contributed by atoms with Gasteiger partial charge in [0.05, 0.1) is 13.2 Å². The number of carbonyl (C=O) groups is 1. The van der Waals surface area contributed by atoms with Gasteiger partial charge in [-0.1, -0.05) is 18.2 Å². The number of hydrogen-bond donors (Lipinski definition) is 0. The van der Waals surface area contributed by atoms with Crippen LogP contribution in [-0.4, -0.2) is 42.9 Å². The predicted octanol–water partition coefficient (Wildman–Crippen LogP) is 2.80. The fourth-order valence-electron chi connectivity index (χ4n) is 3.20. The molecular weight excluding hydrogens is 282 g/mol. The summed E-state index contributed by atoms with van der Waals surface area (Å²) in [4.78, 5) is 14.4. The molecule has 1 aromatic heterocycles. The van der Waals surface area contributed by atoms with Crippen LogP contribution in [0.15, 0.2) is 34.7 Å². The van der Waals surface area contributed by atoms with E-state index in [4.69, 9.17) is 13.9 Å². The molecule has 1 spiro atoms. The standard InChI is InChI=1S/C17H19NO4/c19-16(15-12-13-4-1-2-5-14(13)22-15)18-8-6-17(7-9-18)20-10-3-11-21-17/h1-2,4-5,12H,3,6-11H2. The van der Waals surface area contributed by atoms with Gasteiger partial charge in [-0.3, -0.25) is 4.79 Å². The van der Waals surface area contributed by atoms with Crippen LogP contribution in [0.3, 0.4) is 0 Å². The van der Waals surface area contributed by atoms with E-state index in [2.05, 4.69) is 0 Å². The fourth-order valence-corrected chi connectivity index (χ4v) is 3.20. The van der Waals surface area contributed by atoms with Crippen LogP contribution in [0.4, 0.5) is 0 Å². The van der Waals surface area contributed by atoms with Crippen LogP contribution in [0.2, 0.25) is 0 Å². The van der Waals surface area contributed by atoms with Crippen molar-refractivity contribution in [3.05, 3.63) is 36.1 Å². The van der Waals surface area contributed by atoms with E-state index in [1.165, 1.54) is 0 Å². The van der Waals surface area contributed by atoms with Crippen LogP contribution >= 0.6 is 0 Å². The maximum atomic E-state index is 12.6. The van der Waals surface area contributed by atoms with Crippen molar-refractivity contribution in [1.82, 2.24) is 4.90 Å². The molecule has 0 atom stereocenters. The van der Waals surface area contributed by atoms with Gasteiger partial charge in [0.25, 0.3) is 5.91 Å². The van der Waals surface area contributed by atoms with Gasteiger partial charge in [-0.25, -0.2) is 0 Å². The molecule has 1 aromatic carbocycles. The highest BCUT2D eigenvalue weighted by atomic mass is 16.7. The Bertz CT molecular complexity index is 644. The summed E-state index contributed by atoms with van der Waals surface area (Å²) in [5.74, 6) is -0.118. The molecule has 0 unspecified atom stereocenters. The molecule has 2 aliphatic rings. The van der Waals surface area contributed by atoms with Crippen molar-refractivity contribution >= 4 is 16.9 Å². The Labute approximate surface area is 128 Å². The number of amides is 1. The highest BCUT2D eigenvalue weighted by molar-refractivity contribution is 5.96. The molecule has 1 amide bonds. The number of hydrogen-bond acceptors (Lipinski definition) is 4. The molecule has 2 aliphatic heterocycles. The predicted molar refractivity (Wildman–Crippen MR) is 80.6 cm³/mol. The molecule has 0 radical (unpaired) electrons. The minimum absolute atomic E-state index is 0.0538. The molecule has 0 bridgehead atoms. The normalized spacial score (nSPS) is 21.4. The van der Waals surface area contributed by atoms with Crippen molar-refractivity contribution in [2.45, 2.75) is 25.0 Å². The molecule has 5 nitrogen and oxygen atoms in total. The van der Waals surface area contributed by atoms with E-state index < -0.39 is 5.79 Å². The minimum atomic E-state index is -0.469. The van der Waals surface area contributed by atoms with Gasteiger partial charge in [-0.05, 0) is 18.6 Å². The Morgan fingerprint density at radius 1 is 1.09 bits per heavy atom. The zero-order valence-electron chi connectivity index (χ0n) is 12.4. The number of carbonyl (C=O) groups excluding carboxylic acids is 1. The van der Waals surface area contributed by atoms with Gasteiger partial charge in [0.1, 0.15) is 5.58 Å². The topological polar surface area (TPSA) is 51.9 Å². The van der Waals surface area contributed by atoms with Gasteiger partial charge in [-0.2, -0.15) is 0 Å². The zero-order chi connectivity index (χ0) is 15.0. The third kappa shape index (κ3) is 2.40. The maximum Gasteiger partial charge on any atom is 0.289 e. The molecule has 2 fully saturated rings. The number of likely N-dealkylation sites (tertiary alicyclic amines) is 1. The molecule has 3 heterocycles. The van der Waals surface area contributed by atoms with Gasteiger partial charge in [0, 0.05) is 31.3 Å². The number of piperidine rings is 1. The number of rotatable bonds is 1. The van der Waals surface area contributed by atoms with Crippen molar-refractivity contribution in [3.8, 4) is 0 Å². The largest absolute Gasteiger partial charge is 0.451 e. The summed E-state index contributed by atoms with van der Waals surface area (Å²) in [6.07, 6.45) is 2.39. The monoisotopic (exact) mass is 301 g/mol. The van der Waals surface area contributed by atoms with Gasteiger partial charge < -0.3 is 18.8 Å². The van der Waals surface area contributed by atoms with Crippen molar-refractivity contribution < 1.29 is 18.7 Å². The first kappa shape index (κ1) is 13.8. The smallest absolute Gasteiger partial charge is 0.289 e. The Kier molecular flexibility index (Phi) is 3.39. The van der Waals surface area contributed by atoms with Crippen LogP contribution in [0.25, 0.3) is 11.0 Å². The summed E-state index contributed by atoms with van der Waals surface area (Å²) in [6, 6.07) is 9.48.